The van der Waals surface area contributed by atoms with Gasteiger partial charge < -0.3 is 9.64 Å². The van der Waals surface area contributed by atoms with Crippen molar-refractivity contribution in [3.63, 3.8) is 0 Å². The summed E-state index contributed by atoms with van der Waals surface area (Å²) in [5.41, 5.74) is 1.37. The van der Waals surface area contributed by atoms with Gasteiger partial charge in [-0.05, 0) is 60.3 Å². The van der Waals surface area contributed by atoms with Crippen molar-refractivity contribution >= 4 is 5.91 Å². The maximum absolute atomic E-state index is 13.5. The van der Waals surface area contributed by atoms with E-state index in [1.807, 2.05) is 6.07 Å². The fourth-order valence-electron chi connectivity index (χ4n) is 5.36. The Morgan fingerprint density at radius 1 is 1.09 bits per heavy atom. The van der Waals surface area contributed by atoms with Gasteiger partial charge in [0.05, 0.1) is 12.2 Å². The molecule has 0 N–H and O–H groups in total. The third-order valence-corrected chi connectivity index (χ3v) is 7.01. The predicted molar refractivity (Wildman–Crippen MR) is 118 cm³/mol. The highest BCUT2D eigenvalue weighted by Crippen LogP contribution is 2.49. The molecule has 1 saturated heterocycles. The van der Waals surface area contributed by atoms with Crippen LogP contribution in [0.15, 0.2) is 42.6 Å². The first kappa shape index (κ1) is 22.7. The number of aromatic nitrogens is 3. The number of nitrogens with zero attached hydrogens (tertiary/aromatic N) is 4. The Bertz CT molecular complexity index is 1120. The monoisotopic (exact) mass is 470 g/mol. The van der Waals surface area contributed by atoms with E-state index in [2.05, 4.69) is 15.0 Å². The van der Waals surface area contributed by atoms with Crippen LogP contribution in [0.4, 0.5) is 13.2 Å². The molecule has 1 aromatic carbocycles. The Kier molecular flexibility index (Phi) is 5.97. The zero-order chi connectivity index (χ0) is 23.9. The van der Waals surface area contributed by atoms with Gasteiger partial charge in [0, 0.05) is 26.4 Å². The molecular weight excluding hydrogens is 445 g/mol. The summed E-state index contributed by atoms with van der Waals surface area (Å²) in [6, 6.07) is 9.55. The van der Waals surface area contributed by atoms with Crippen LogP contribution in [0.5, 0.6) is 0 Å². The fraction of sp³-hybridized carbons (Fsp3) is 0.440. The Hall–Kier alpha value is -3.07. The Morgan fingerprint density at radius 3 is 2.53 bits per heavy atom. The molecule has 1 aliphatic carbocycles. The van der Waals surface area contributed by atoms with Gasteiger partial charge in [-0.2, -0.15) is 13.2 Å². The van der Waals surface area contributed by atoms with Gasteiger partial charge in [-0.15, -0.1) is 0 Å². The van der Waals surface area contributed by atoms with E-state index in [1.165, 1.54) is 6.07 Å². The lowest BCUT2D eigenvalue weighted by Gasteiger charge is -2.21. The second kappa shape index (κ2) is 8.94. The summed E-state index contributed by atoms with van der Waals surface area (Å²) in [5, 5.41) is 0. The number of methoxy groups -OCH3 is 1. The lowest BCUT2D eigenvalue weighted by atomic mass is 9.91. The van der Waals surface area contributed by atoms with Crippen LogP contribution < -0.4 is 0 Å². The normalized spacial score (nSPS) is 22.4. The van der Waals surface area contributed by atoms with Crippen LogP contribution in [-0.2, 0) is 17.3 Å². The minimum Gasteiger partial charge on any atom is -0.384 e. The SMILES string of the molecule is COCCc1ccc2nc(C(=O)N3C[C@H]4CC(c5ccccc5C(F)(F)F)C[C@H]4C3)nc-2nc1. The summed E-state index contributed by atoms with van der Waals surface area (Å²) in [7, 11) is 1.64. The maximum atomic E-state index is 13.5. The van der Waals surface area contributed by atoms with Crippen molar-refractivity contribution in [1.29, 1.82) is 0 Å². The molecule has 5 rings (SSSR count). The molecule has 178 valence electrons. The quantitative estimate of drug-likeness (QED) is 0.551. The molecule has 0 bridgehead atoms. The second-order valence-corrected chi connectivity index (χ2v) is 9.15. The van der Waals surface area contributed by atoms with E-state index >= 15 is 0 Å². The van der Waals surface area contributed by atoms with Gasteiger partial charge in [-0.1, -0.05) is 24.3 Å². The number of hydrogen-bond acceptors (Lipinski definition) is 5. The van der Waals surface area contributed by atoms with E-state index < -0.39 is 11.7 Å². The molecule has 1 amide bonds. The lowest BCUT2D eigenvalue weighted by molar-refractivity contribution is -0.138. The first-order chi connectivity index (χ1) is 16.3. The number of carbonyl (C=O) groups excluding carboxylic acids is 1. The average Bonchev–Trinajstić information content (AvgIpc) is 3.48. The van der Waals surface area contributed by atoms with Gasteiger partial charge in [-0.25, -0.2) is 15.0 Å². The van der Waals surface area contributed by atoms with Gasteiger partial charge in [0.2, 0.25) is 5.82 Å². The van der Waals surface area contributed by atoms with Crippen molar-refractivity contribution in [2.45, 2.75) is 31.4 Å². The van der Waals surface area contributed by atoms with Gasteiger partial charge in [0.25, 0.3) is 5.91 Å². The number of imidazole rings is 1. The van der Waals surface area contributed by atoms with Crippen LogP contribution in [0.1, 0.15) is 46.1 Å². The van der Waals surface area contributed by atoms with E-state index in [1.54, 1.807) is 36.4 Å². The molecule has 0 aromatic heterocycles. The van der Waals surface area contributed by atoms with E-state index in [9.17, 15) is 18.0 Å². The molecule has 34 heavy (non-hydrogen) atoms. The maximum Gasteiger partial charge on any atom is 0.416 e. The number of halogens is 3. The highest BCUT2D eigenvalue weighted by Gasteiger charge is 2.45. The highest BCUT2D eigenvalue weighted by atomic mass is 19.4. The smallest absolute Gasteiger partial charge is 0.384 e. The number of benzene rings is 1. The number of ether oxygens (including phenoxy) is 1. The highest BCUT2D eigenvalue weighted by molar-refractivity contribution is 5.92. The van der Waals surface area contributed by atoms with Crippen molar-refractivity contribution in [2.24, 2.45) is 11.8 Å². The molecule has 2 fully saturated rings. The molecule has 1 saturated carbocycles. The zero-order valence-electron chi connectivity index (χ0n) is 18.8. The average molecular weight is 470 g/mol. The van der Waals surface area contributed by atoms with Crippen molar-refractivity contribution < 1.29 is 22.7 Å². The van der Waals surface area contributed by atoms with Crippen LogP contribution >= 0.6 is 0 Å². The van der Waals surface area contributed by atoms with E-state index in [0.29, 0.717) is 49.6 Å². The van der Waals surface area contributed by atoms with Crippen molar-refractivity contribution in [3.05, 3.63) is 65.1 Å². The third-order valence-electron chi connectivity index (χ3n) is 7.01. The number of carbonyl (C=O) groups is 1. The molecule has 0 radical (unpaired) electrons. The first-order valence-electron chi connectivity index (χ1n) is 11.4. The summed E-state index contributed by atoms with van der Waals surface area (Å²) in [6.07, 6.45) is -0.635. The number of amides is 1. The topological polar surface area (TPSA) is 68.2 Å². The van der Waals surface area contributed by atoms with E-state index in [-0.39, 0.29) is 29.5 Å². The van der Waals surface area contributed by atoms with Crippen LogP contribution in [-0.4, -0.2) is 52.6 Å². The van der Waals surface area contributed by atoms with E-state index in [4.69, 9.17) is 4.74 Å². The molecule has 3 heterocycles. The molecule has 9 heteroatoms. The predicted octanol–water partition coefficient (Wildman–Crippen LogP) is 4.45. The Morgan fingerprint density at radius 2 is 1.82 bits per heavy atom. The number of likely N-dealkylation sites (tertiary alicyclic amines) is 1. The van der Waals surface area contributed by atoms with Gasteiger partial charge in [0.15, 0.2) is 5.82 Å². The van der Waals surface area contributed by atoms with Crippen LogP contribution in [0.3, 0.4) is 0 Å². The number of rotatable bonds is 5. The van der Waals surface area contributed by atoms with Crippen molar-refractivity contribution in [2.75, 3.05) is 26.8 Å². The van der Waals surface area contributed by atoms with Crippen LogP contribution in [0.2, 0.25) is 0 Å². The molecule has 4 aliphatic rings. The van der Waals surface area contributed by atoms with Crippen molar-refractivity contribution in [1.82, 2.24) is 19.9 Å². The Balaban J connectivity index is 1.27. The molecule has 6 nitrogen and oxygen atoms in total. The Labute approximate surface area is 195 Å². The number of fused-ring (bicyclic) bond motifs is 2. The molecule has 1 aromatic rings. The lowest BCUT2D eigenvalue weighted by Crippen LogP contribution is -2.30. The summed E-state index contributed by atoms with van der Waals surface area (Å²) in [5.74, 6) is 0.500. The largest absolute Gasteiger partial charge is 0.416 e. The number of alkyl halides is 3. The van der Waals surface area contributed by atoms with E-state index in [0.717, 1.165) is 18.1 Å². The summed E-state index contributed by atoms with van der Waals surface area (Å²) in [4.78, 5) is 27.9. The first-order valence-corrected chi connectivity index (χ1v) is 11.4. The summed E-state index contributed by atoms with van der Waals surface area (Å²) >= 11 is 0. The molecular formula is C25H25F3N4O2. The number of hydrogen-bond donors (Lipinski definition) is 0. The van der Waals surface area contributed by atoms with Gasteiger partial charge in [0.1, 0.15) is 5.69 Å². The minimum atomic E-state index is -4.36. The standard InChI is InChI=1S/C25H25F3N4O2/c1-34-9-8-15-6-7-21-22(29-12-15)31-23(30-21)24(33)32-13-17-10-16(11-18(17)14-32)19-4-2-3-5-20(19)25(26,27)28/h2-7,12,16-18H,8-11,13-14H2,1H3/t16?,17-,18+. The molecule has 3 atom stereocenters. The summed E-state index contributed by atoms with van der Waals surface area (Å²) in [6.45, 7) is 1.61. The summed E-state index contributed by atoms with van der Waals surface area (Å²) < 4.78 is 45.5. The van der Waals surface area contributed by atoms with Crippen LogP contribution in [0.25, 0.3) is 11.5 Å². The molecule has 1 unspecified atom stereocenters. The van der Waals surface area contributed by atoms with Gasteiger partial charge in [-0.3, -0.25) is 4.79 Å². The molecule has 0 spiro atoms. The minimum absolute atomic E-state index is 0.117. The van der Waals surface area contributed by atoms with Crippen LogP contribution in [0, 0.1) is 11.8 Å². The van der Waals surface area contributed by atoms with Gasteiger partial charge >= 0.3 is 6.18 Å². The third kappa shape index (κ3) is 4.36. The fourth-order valence-corrected chi connectivity index (χ4v) is 5.36. The second-order valence-electron chi connectivity index (χ2n) is 9.15. The zero-order valence-corrected chi connectivity index (χ0v) is 18.8. The molecule has 3 aliphatic heterocycles. The van der Waals surface area contributed by atoms with Crippen molar-refractivity contribution in [3.8, 4) is 11.5 Å².